The van der Waals surface area contributed by atoms with Gasteiger partial charge in [-0.05, 0) is 26.0 Å². The average molecular weight is 432 g/mol. The van der Waals surface area contributed by atoms with Crippen LogP contribution in [0.5, 0.6) is 0 Å². The zero-order chi connectivity index (χ0) is 19.5. The van der Waals surface area contributed by atoms with Crippen molar-refractivity contribution in [1.29, 1.82) is 0 Å². The highest BCUT2D eigenvalue weighted by molar-refractivity contribution is 7.99. The van der Waals surface area contributed by atoms with Gasteiger partial charge < -0.3 is 4.42 Å². The lowest BCUT2D eigenvalue weighted by Gasteiger charge is -2.16. The maximum absolute atomic E-state index is 12.7. The lowest BCUT2D eigenvalue weighted by Crippen LogP contribution is -2.32. The number of hydrogen-bond acceptors (Lipinski definition) is 9. The number of carbonyl (C=O) groups is 1. The first-order valence-corrected chi connectivity index (χ1v) is 11.3. The molecule has 0 aliphatic carbocycles. The minimum Gasteiger partial charge on any atom is -0.416 e. The number of anilines is 1. The number of thioether (sulfide) groups is 1. The molecule has 0 aliphatic heterocycles. The molecule has 0 spiro atoms. The van der Waals surface area contributed by atoms with Gasteiger partial charge in [0.25, 0.3) is 5.22 Å². The van der Waals surface area contributed by atoms with Crippen LogP contribution in [0.4, 0.5) is 5.13 Å². The summed E-state index contributed by atoms with van der Waals surface area (Å²) in [5.41, 5.74) is 1.81. The second-order valence-electron chi connectivity index (χ2n) is 5.89. The standard InChI is InChI=1S/C18H17N5O2S3/c1-3-23(17-20-13-6-4-5-7-14(13)28-17)16(24)10-27-18-22-21-15(25-18)8-12-9-26-11(2)19-12/h4-7,9H,3,8,10H2,1-2H3. The minimum absolute atomic E-state index is 0.0403. The van der Waals surface area contributed by atoms with Crippen LogP contribution in [-0.2, 0) is 11.2 Å². The van der Waals surface area contributed by atoms with Crippen LogP contribution >= 0.6 is 34.4 Å². The van der Waals surface area contributed by atoms with Gasteiger partial charge in [0.05, 0.1) is 33.1 Å². The van der Waals surface area contributed by atoms with Crippen LogP contribution in [0.15, 0.2) is 39.3 Å². The van der Waals surface area contributed by atoms with Crippen molar-refractivity contribution < 1.29 is 9.21 Å². The Labute approximate surface area is 173 Å². The van der Waals surface area contributed by atoms with Crippen molar-refractivity contribution in [2.24, 2.45) is 0 Å². The smallest absolute Gasteiger partial charge is 0.277 e. The zero-order valence-electron chi connectivity index (χ0n) is 15.3. The highest BCUT2D eigenvalue weighted by Crippen LogP contribution is 2.29. The molecule has 0 bridgehead atoms. The fraction of sp³-hybridized carbons (Fsp3) is 0.278. The molecule has 7 nitrogen and oxygen atoms in total. The number of aryl methyl sites for hydroxylation is 1. The number of hydrogen-bond donors (Lipinski definition) is 0. The highest BCUT2D eigenvalue weighted by Gasteiger charge is 2.19. The molecule has 1 amide bonds. The molecular formula is C18H17N5O2S3. The van der Waals surface area contributed by atoms with Crippen LogP contribution in [0.2, 0.25) is 0 Å². The van der Waals surface area contributed by atoms with E-state index in [9.17, 15) is 4.79 Å². The molecule has 0 N–H and O–H groups in total. The third-order valence-corrected chi connectivity index (χ3v) is 6.58. The van der Waals surface area contributed by atoms with Gasteiger partial charge in [0, 0.05) is 11.9 Å². The molecule has 0 saturated carbocycles. The van der Waals surface area contributed by atoms with Crippen molar-refractivity contribution >= 4 is 55.7 Å². The molecule has 28 heavy (non-hydrogen) atoms. The Morgan fingerprint density at radius 1 is 1.25 bits per heavy atom. The number of carbonyl (C=O) groups excluding carboxylic acids is 1. The van der Waals surface area contributed by atoms with E-state index in [1.54, 1.807) is 16.2 Å². The van der Waals surface area contributed by atoms with Crippen molar-refractivity contribution in [3.05, 3.63) is 46.2 Å². The Morgan fingerprint density at radius 2 is 2.11 bits per heavy atom. The molecule has 4 aromatic rings. The average Bonchev–Trinajstić information content (AvgIpc) is 3.41. The molecule has 144 valence electrons. The molecule has 0 fully saturated rings. The molecule has 4 rings (SSSR count). The number of aromatic nitrogens is 4. The van der Waals surface area contributed by atoms with Gasteiger partial charge in [-0.15, -0.1) is 21.5 Å². The summed E-state index contributed by atoms with van der Waals surface area (Å²) in [4.78, 5) is 23.3. The first-order valence-electron chi connectivity index (χ1n) is 8.64. The Kier molecular flexibility index (Phi) is 5.69. The molecular weight excluding hydrogens is 414 g/mol. The Morgan fingerprint density at radius 3 is 2.86 bits per heavy atom. The zero-order valence-corrected chi connectivity index (χ0v) is 17.7. The predicted octanol–water partition coefficient (Wildman–Crippen LogP) is 4.18. The molecule has 1 aromatic carbocycles. The van der Waals surface area contributed by atoms with Gasteiger partial charge >= 0.3 is 0 Å². The largest absolute Gasteiger partial charge is 0.416 e. The van der Waals surface area contributed by atoms with Crippen molar-refractivity contribution in [1.82, 2.24) is 20.2 Å². The third kappa shape index (κ3) is 4.23. The number of fused-ring (bicyclic) bond motifs is 1. The summed E-state index contributed by atoms with van der Waals surface area (Å²) in [6.07, 6.45) is 0.499. The summed E-state index contributed by atoms with van der Waals surface area (Å²) in [5.74, 6) is 0.668. The van der Waals surface area contributed by atoms with Gasteiger partial charge in [-0.25, -0.2) is 9.97 Å². The molecule has 10 heteroatoms. The number of para-hydroxylation sites is 1. The number of nitrogens with zero attached hydrogens (tertiary/aromatic N) is 5. The first kappa shape index (κ1) is 19.0. The summed E-state index contributed by atoms with van der Waals surface area (Å²) >= 11 is 4.34. The van der Waals surface area contributed by atoms with Crippen molar-refractivity contribution in [2.45, 2.75) is 25.5 Å². The summed E-state index contributed by atoms with van der Waals surface area (Å²) in [6, 6.07) is 7.87. The van der Waals surface area contributed by atoms with E-state index < -0.39 is 0 Å². The van der Waals surface area contributed by atoms with E-state index in [0.29, 0.717) is 29.2 Å². The molecule has 0 atom stereocenters. The van der Waals surface area contributed by atoms with Crippen molar-refractivity contribution in [2.75, 3.05) is 17.2 Å². The topological polar surface area (TPSA) is 85.0 Å². The normalized spacial score (nSPS) is 11.2. The predicted molar refractivity (Wildman–Crippen MR) is 112 cm³/mol. The van der Waals surface area contributed by atoms with E-state index in [0.717, 1.165) is 20.9 Å². The SMILES string of the molecule is CCN(C(=O)CSc1nnc(Cc2csc(C)n2)o1)c1nc2ccccc2s1. The third-order valence-electron chi connectivity index (χ3n) is 3.90. The van der Waals surface area contributed by atoms with Gasteiger partial charge in [0.15, 0.2) is 5.13 Å². The van der Waals surface area contributed by atoms with E-state index in [1.807, 2.05) is 43.5 Å². The second-order valence-corrected chi connectivity index (χ2v) is 8.89. The van der Waals surface area contributed by atoms with Crippen molar-refractivity contribution in [3.8, 4) is 0 Å². The van der Waals surface area contributed by atoms with E-state index >= 15 is 0 Å². The second kappa shape index (κ2) is 8.38. The molecule has 0 radical (unpaired) electrons. The maximum atomic E-state index is 12.7. The van der Waals surface area contributed by atoms with E-state index in [4.69, 9.17) is 4.42 Å². The number of amides is 1. The van der Waals surface area contributed by atoms with Gasteiger partial charge in [0.2, 0.25) is 11.8 Å². The maximum Gasteiger partial charge on any atom is 0.277 e. The lowest BCUT2D eigenvalue weighted by molar-refractivity contribution is -0.116. The lowest BCUT2D eigenvalue weighted by atomic mass is 10.3. The van der Waals surface area contributed by atoms with Gasteiger partial charge in [-0.2, -0.15) is 0 Å². The summed E-state index contributed by atoms with van der Waals surface area (Å²) in [5, 5.41) is 12.1. The van der Waals surface area contributed by atoms with E-state index in [1.165, 1.54) is 23.1 Å². The summed E-state index contributed by atoms with van der Waals surface area (Å²) in [6.45, 7) is 4.45. The Balaban J connectivity index is 1.39. The summed E-state index contributed by atoms with van der Waals surface area (Å²) < 4.78 is 6.70. The minimum atomic E-state index is -0.0403. The Hall–Kier alpha value is -2.30. The molecule has 3 aromatic heterocycles. The Bertz CT molecular complexity index is 1070. The van der Waals surface area contributed by atoms with Crippen LogP contribution in [0.3, 0.4) is 0 Å². The first-order chi connectivity index (χ1) is 13.6. The van der Waals surface area contributed by atoms with Crippen LogP contribution < -0.4 is 4.90 Å². The molecule has 0 aliphatic rings. The van der Waals surface area contributed by atoms with Crippen molar-refractivity contribution in [3.63, 3.8) is 0 Å². The van der Waals surface area contributed by atoms with Crippen LogP contribution in [0, 0.1) is 6.92 Å². The quantitative estimate of drug-likeness (QED) is 0.406. The van der Waals surface area contributed by atoms with E-state index in [-0.39, 0.29) is 11.7 Å². The fourth-order valence-electron chi connectivity index (χ4n) is 2.61. The molecule has 3 heterocycles. The van der Waals surface area contributed by atoms with Crippen LogP contribution in [0.1, 0.15) is 23.5 Å². The van der Waals surface area contributed by atoms with Gasteiger partial charge in [-0.3, -0.25) is 9.69 Å². The molecule has 0 saturated heterocycles. The fourth-order valence-corrected chi connectivity index (χ4v) is 4.92. The summed E-state index contributed by atoms with van der Waals surface area (Å²) in [7, 11) is 0. The van der Waals surface area contributed by atoms with Gasteiger partial charge in [-0.1, -0.05) is 35.2 Å². The van der Waals surface area contributed by atoms with Gasteiger partial charge in [0.1, 0.15) is 0 Å². The number of thiazole rings is 2. The number of rotatable bonds is 7. The highest BCUT2D eigenvalue weighted by atomic mass is 32.2. The van der Waals surface area contributed by atoms with Crippen LogP contribution in [0.25, 0.3) is 10.2 Å². The number of benzene rings is 1. The van der Waals surface area contributed by atoms with E-state index in [2.05, 4.69) is 20.2 Å². The van der Waals surface area contributed by atoms with Crippen LogP contribution in [-0.4, -0.2) is 38.4 Å². The molecule has 0 unspecified atom stereocenters. The monoisotopic (exact) mass is 431 g/mol.